The molecule has 0 unspecified atom stereocenters. The van der Waals surface area contributed by atoms with Crippen molar-refractivity contribution < 1.29 is 65.7 Å². The summed E-state index contributed by atoms with van der Waals surface area (Å²) in [5, 5.41) is 74.7. The minimum absolute atomic E-state index is 1.14. The van der Waals surface area contributed by atoms with Crippen molar-refractivity contribution in [1.29, 1.82) is 0 Å². The van der Waals surface area contributed by atoms with Crippen LogP contribution in [0.25, 0.3) is 0 Å². The van der Waals surface area contributed by atoms with E-state index >= 15 is 0 Å². The number of carboxylic acids is 3. The molecule has 146 valence electrons. The Morgan fingerprint density at radius 3 is 0.960 bits per heavy atom. The zero-order valence-corrected chi connectivity index (χ0v) is 11.6. The normalized spacial score (nSPS) is 8.52. The molecule has 0 saturated carbocycles. The molecule has 0 aromatic rings. The summed E-state index contributed by atoms with van der Waals surface area (Å²) in [6.45, 7) is 0. The van der Waals surface area contributed by atoms with Crippen LogP contribution in [0.3, 0.4) is 0 Å². The third-order valence-electron chi connectivity index (χ3n) is 1.29. The van der Waals surface area contributed by atoms with E-state index < -0.39 is 51.6 Å². The molecule has 0 heterocycles. The highest BCUT2D eigenvalue weighted by molar-refractivity contribution is 5.88. The minimum Gasteiger partial charge on any atom is -0.481 e. The van der Waals surface area contributed by atoms with E-state index in [1.165, 1.54) is 0 Å². The number of hydrogen-bond donors (Lipinski definition) is 7. The first-order valence-electron chi connectivity index (χ1n) is 4.87. The van der Waals surface area contributed by atoms with Crippen molar-refractivity contribution in [3.63, 3.8) is 0 Å². The van der Waals surface area contributed by atoms with Crippen LogP contribution in [0, 0.1) is 30.3 Å². The molecule has 19 nitrogen and oxygen atoms in total. The lowest BCUT2D eigenvalue weighted by Gasteiger charge is -2.18. The van der Waals surface area contributed by atoms with E-state index in [2.05, 4.69) is 0 Å². The molecule has 0 aromatic heterocycles. The molecule has 0 spiro atoms. The Labute approximate surface area is 133 Å². The minimum atomic E-state index is -2.74. The van der Waals surface area contributed by atoms with Crippen molar-refractivity contribution in [3.05, 3.63) is 30.3 Å². The van der Waals surface area contributed by atoms with Gasteiger partial charge in [-0.25, -0.2) is 4.79 Å². The molecule has 0 aromatic carbocycles. The predicted octanol–water partition coefficient (Wildman–Crippen LogP) is -2.29. The van der Waals surface area contributed by atoms with Gasteiger partial charge in [-0.15, -0.1) is 30.3 Å². The first-order chi connectivity index (χ1) is 11.0. The fourth-order valence-electron chi connectivity index (χ4n) is 0.714. The fraction of sp³-hybridized carbons (Fsp3) is 0.500. The SMILES string of the molecule is O=C(O)CC(O)(CC(=O)O)C(=O)O.O=[N+]([O-])O.O=[N+]([O-])O.O=[N+]([O-])O. The Morgan fingerprint density at radius 1 is 0.720 bits per heavy atom. The first kappa shape index (κ1) is 29.0. The van der Waals surface area contributed by atoms with Crippen LogP contribution < -0.4 is 0 Å². The van der Waals surface area contributed by atoms with Gasteiger partial charge in [-0.3, -0.25) is 9.59 Å². The molecule has 0 amide bonds. The zero-order valence-electron chi connectivity index (χ0n) is 11.6. The second kappa shape index (κ2) is 14.9. The number of carbonyl (C=O) groups is 3. The fourth-order valence-corrected chi connectivity index (χ4v) is 0.714. The molecule has 0 fully saturated rings. The van der Waals surface area contributed by atoms with Gasteiger partial charge in [0, 0.05) is 0 Å². The monoisotopic (exact) mass is 381 g/mol. The summed E-state index contributed by atoms with van der Waals surface area (Å²) < 4.78 is 0. The maximum absolute atomic E-state index is 10.3. The molecule has 0 rings (SSSR count). The molecular formula is C6H11N3O16. The van der Waals surface area contributed by atoms with Gasteiger partial charge in [-0.05, 0) is 0 Å². The van der Waals surface area contributed by atoms with Crippen LogP contribution in [0.2, 0.25) is 0 Å². The highest BCUT2D eigenvalue weighted by atomic mass is 16.9. The van der Waals surface area contributed by atoms with Crippen LogP contribution >= 0.6 is 0 Å². The quantitative estimate of drug-likeness (QED) is 0.194. The van der Waals surface area contributed by atoms with Crippen LogP contribution in [0.15, 0.2) is 0 Å². The van der Waals surface area contributed by atoms with E-state index in [0.29, 0.717) is 0 Å². The van der Waals surface area contributed by atoms with Crippen molar-refractivity contribution in [2.24, 2.45) is 0 Å². The lowest BCUT2D eigenvalue weighted by atomic mass is 9.96. The van der Waals surface area contributed by atoms with Crippen molar-refractivity contribution in [2.45, 2.75) is 18.4 Å². The summed E-state index contributed by atoms with van der Waals surface area (Å²) in [7, 11) is 0. The summed E-state index contributed by atoms with van der Waals surface area (Å²) in [4.78, 5) is 55.6. The highest BCUT2D eigenvalue weighted by Crippen LogP contribution is 2.15. The van der Waals surface area contributed by atoms with E-state index in [-0.39, 0.29) is 0 Å². The largest absolute Gasteiger partial charge is 0.481 e. The average molecular weight is 381 g/mol. The molecular weight excluding hydrogens is 370 g/mol. The van der Waals surface area contributed by atoms with Gasteiger partial charge in [-0.1, -0.05) is 0 Å². The number of rotatable bonds is 5. The molecule has 0 bridgehead atoms. The number of carboxylic acid groups (broad SMARTS) is 3. The smallest absolute Gasteiger partial charge is 0.336 e. The lowest BCUT2D eigenvalue weighted by molar-refractivity contribution is -0.742. The summed E-state index contributed by atoms with van der Waals surface area (Å²) in [6, 6.07) is 0. The number of hydrogen-bond acceptors (Lipinski definition) is 10. The lowest BCUT2D eigenvalue weighted by Crippen LogP contribution is -2.42. The van der Waals surface area contributed by atoms with E-state index in [4.69, 9.17) is 66.4 Å². The van der Waals surface area contributed by atoms with E-state index in [9.17, 15) is 14.4 Å². The number of aliphatic carboxylic acids is 3. The highest BCUT2D eigenvalue weighted by Gasteiger charge is 2.40. The Morgan fingerprint density at radius 2 is 0.880 bits per heavy atom. The summed E-state index contributed by atoms with van der Waals surface area (Å²) >= 11 is 0. The summed E-state index contributed by atoms with van der Waals surface area (Å²) in [5.74, 6) is -5.02. The number of aliphatic hydroxyl groups is 1. The van der Waals surface area contributed by atoms with Gasteiger partial charge in [0.25, 0.3) is 15.3 Å². The Kier molecular flexibility index (Phi) is 17.3. The van der Waals surface area contributed by atoms with Crippen LogP contribution in [0.4, 0.5) is 0 Å². The maximum atomic E-state index is 10.3. The van der Waals surface area contributed by atoms with Gasteiger partial charge in [0.05, 0.1) is 12.8 Å². The summed E-state index contributed by atoms with van der Waals surface area (Å²) in [6.07, 6.45) is -2.29. The van der Waals surface area contributed by atoms with Gasteiger partial charge in [0.1, 0.15) is 0 Å². The van der Waals surface area contributed by atoms with Crippen LogP contribution in [-0.2, 0) is 14.4 Å². The molecule has 19 heteroatoms. The third kappa shape index (κ3) is 45.0. The number of nitrogens with zero attached hydrogens (tertiary/aromatic N) is 3. The molecule has 0 radical (unpaired) electrons. The van der Waals surface area contributed by atoms with Crippen molar-refractivity contribution >= 4 is 17.9 Å². The first-order valence-corrected chi connectivity index (χ1v) is 4.87. The average Bonchev–Trinajstić information content (AvgIpc) is 2.22. The van der Waals surface area contributed by atoms with Gasteiger partial charge in [-0.2, -0.15) is 0 Å². The standard InChI is InChI=1S/C6H8O7.3HNO3/c7-3(8)1-6(13,5(11)12)2-4(9)10;3*2-1(3)4/h13H,1-2H2,(H,7,8)(H,9,10)(H,11,12);3*(H,2,3,4). The van der Waals surface area contributed by atoms with E-state index in [1.807, 2.05) is 0 Å². The van der Waals surface area contributed by atoms with Gasteiger partial charge < -0.3 is 36.0 Å². The predicted molar refractivity (Wildman–Crippen MR) is 63.4 cm³/mol. The van der Waals surface area contributed by atoms with Crippen molar-refractivity contribution in [2.75, 3.05) is 0 Å². The van der Waals surface area contributed by atoms with Gasteiger partial charge in [0.2, 0.25) is 0 Å². The molecule has 0 aliphatic heterocycles. The summed E-state index contributed by atoms with van der Waals surface area (Å²) in [5.41, 5.74) is -2.74. The van der Waals surface area contributed by atoms with Crippen LogP contribution in [0.1, 0.15) is 12.8 Å². The third-order valence-corrected chi connectivity index (χ3v) is 1.29. The zero-order chi connectivity index (χ0) is 21.4. The van der Waals surface area contributed by atoms with E-state index in [0.717, 1.165) is 0 Å². The van der Waals surface area contributed by atoms with Crippen molar-refractivity contribution in [3.8, 4) is 0 Å². The Balaban J connectivity index is -0.000000150. The van der Waals surface area contributed by atoms with Crippen molar-refractivity contribution in [1.82, 2.24) is 0 Å². The molecule has 7 N–H and O–H groups in total. The molecule has 0 aliphatic carbocycles. The van der Waals surface area contributed by atoms with E-state index in [1.54, 1.807) is 0 Å². The van der Waals surface area contributed by atoms with Gasteiger partial charge in [0.15, 0.2) is 5.60 Å². The molecule has 0 saturated heterocycles. The topological polar surface area (TPSA) is 322 Å². The molecule has 0 atom stereocenters. The molecule has 0 aliphatic rings. The second-order valence-corrected chi connectivity index (χ2v) is 3.19. The Hall–Kier alpha value is -4.03. The Bertz CT molecular complexity index is 430. The molecule has 25 heavy (non-hydrogen) atoms. The van der Waals surface area contributed by atoms with Crippen LogP contribution in [-0.4, -0.2) is 74.8 Å². The van der Waals surface area contributed by atoms with Crippen LogP contribution in [0.5, 0.6) is 0 Å². The van der Waals surface area contributed by atoms with Gasteiger partial charge >= 0.3 is 17.9 Å². The second-order valence-electron chi connectivity index (χ2n) is 3.19. The maximum Gasteiger partial charge on any atom is 0.336 e.